The van der Waals surface area contributed by atoms with Gasteiger partial charge in [0.05, 0.1) is 0 Å². The van der Waals surface area contributed by atoms with Gasteiger partial charge in [0.15, 0.2) is 0 Å². The summed E-state index contributed by atoms with van der Waals surface area (Å²) in [6, 6.07) is 41.1. The van der Waals surface area contributed by atoms with Crippen LogP contribution in [-0.4, -0.2) is 10.2 Å². The maximum Gasteiger partial charge on any atom is 0.124 e. The van der Waals surface area contributed by atoms with Crippen molar-refractivity contribution in [2.75, 3.05) is 10.6 Å². The molecule has 0 unspecified atom stereocenters. The van der Waals surface area contributed by atoms with Crippen molar-refractivity contribution in [3.63, 3.8) is 0 Å². The molecular formula is C42H48Cl2N2O2Ti. The molecule has 0 aliphatic carbocycles. The number of aromatic hydroxyl groups is 2. The summed E-state index contributed by atoms with van der Waals surface area (Å²) in [4.78, 5) is 0. The molecule has 49 heavy (non-hydrogen) atoms. The molecule has 6 aromatic carbocycles. The van der Waals surface area contributed by atoms with Crippen molar-refractivity contribution in [1.29, 1.82) is 0 Å². The number of phenols is 2. The van der Waals surface area contributed by atoms with Gasteiger partial charge in [-0.2, -0.15) is 0 Å². The fraction of sp³-hybridized carbons (Fsp3) is 0.238. The van der Waals surface area contributed by atoms with Crippen LogP contribution >= 0.6 is 24.8 Å². The molecule has 0 amide bonds. The number of nitrogens with one attached hydrogen (secondary N) is 2. The van der Waals surface area contributed by atoms with E-state index < -0.39 is 0 Å². The fourth-order valence-electron chi connectivity index (χ4n) is 5.82. The monoisotopic (exact) mass is 730 g/mol. The smallest absolute Gasteiger partial charge is 0.124 e. The molecule has 0 bridgehead atoms. The Kier molecular flexibility index (Phi) is 15.1. The van der Waals surface area contributed by atoms with Crippen molar-refractivity contribution >= 4 is 57.7 Å². The van der Waals surface area contributed by atoms with E-state index >= 15 is 0 Å². The molecule has 6 rings (SSSR count). The largest absolute Gasteiger partial charge is 0.507 e. The summed E-state index contributed by atoms with van der Waals surface area (Å²) in [6.07, 6.45) is 0. The third kappa shape index (κ3) is 10.2. The van der Waals surface area contributed by atoms with E-state index in [1.807, 2.05) is 60.7 Å². The van der Waals surface area contributed by atoms with Gasteiger partial charge in [0, 0.05) is 68.1 Å². The van der Waals surface area contributed by atoms with Gasteiger partial charge < -0.3 is 20.8 Å². The number of benzene rings is 6. The van der Waals surface area contributed by atoms with Crippen LogP contribution in [0.15, 0.2) is 121 Å². The normalized spacial score (nSPS) is 10.9. The van der Waals surface area contributed by atoms with Crippen LogP contribution in [0.1, 0.15) is 63.8 Å². The molecule has 0 spiro atoms. The molecule has 4 nitrogen and oxygen atoms in total. The van der Waals surface area contributed by atoms with E-state index in [0.717, 1.165) is 33.6 Å². The van der Waals surface area contributed by atoms with Gasteiger partial charge in [-0.25, -0.2) is 0 Å². The molecular weight excluding hydrogens is 683 g/mol. The number of hydrogen-bond acceptors (Lipinski definition) is 4. The van der Waals surface area contributed by atoms with Gasteiger partial charge in [-0.05, 0) is 44.9 Å². The minimum Gasteiger partial charge on any atom is -0.507 e. The molecule has 0 radical (unpaired) electrons. The van der Waals surface area contributed by atoms with Gasteiger partial charge in [-0.15, -0.1) is 24.8 Å². The van der Waals surface area contributed by atoms with E-state index in [2.05, 4.69) is 113 Å². The summed E-state index contributed by atoms with van der Waals surface area (Å²) < 4.78 is 0. The van der Waals surface area contributed by atoms with Crippen molar-refractivity contribution in [3.8, 4) is 11.5 Å². The van der Waals surface area contributed by atoms with E-state index in [0.29, 0.717) is 24.6 Å². The number of fused-ring (bicyclic) bond motifs is 2. The van der Waals surface area contributed by atoms with Gasteiger partial charge in [0.2, 0.25) is 0 Å². The van der Waals surface area contributed by atoms with E-state index in [9.17, 15) is 10.2 Å². The van der Waals surface area contributed by atoms with Crippen LogP contribution in [0.25, 0.3) is 21.5 Å². The van der Waals surface area contributed by atoms with Gasteiger partial charge in [0.1, 0.15) is 11.5 Å². The van der Waals surface area contributed by atoms with Crippen LogP contribution in [0.4, 0.5) is 11.4 Å². The third-order valence-corrected chi connectivity index (χ3v) is 8.37. The second-order valence-corrected chi connectivity index (χ2v) is 13.9. The molecule has 0 aromatic heterocycles. The first kappa shape index (κ1) is 41.5. The van der Waals surface area contributed by atoms with Crippen LogP contribution in [0.3, 0.4) is 0 Å². The van der Waals surface area contributed by atoms with Crippen LogP contribution in [0, 0.1) is 0 Å². The Hall–Kier alpha value is -3.67. The number of halogens is 2. The average Bonchev–Trinajstić information content (AvgIpc) is 3.03. The Morgan fingerprint density at radius 2 is 0.776 bits per heavy atom. The van der Waals surface area contributed by atoms with Crippen molar-refractivity contribution in [3.05, 3.63) is 144 Å². The SMILES string of the molecule is CC(C)(C)c1cccc(CNc2cccc3ccccc23)c1O.CC(C)(C)c1cccc(CNc2cccc3ccccc23)c1O.Cl.Cl.[Ti]. The minimum atomic E-state index is -0.0699. The first-order chi connectivity index (χ1) is 21.9. The van der Waals surface area contributed by atoms with E-state index in [-0.39, 0.29) is 57.4 Å². The summed E-state index contributed by atoms with van der Waals surface area (Å²) in [6.45, 7) is 13.9. The van der Waals surface area contributed by atoms with Crippen LogP contribution < -0.4 is 10.6 Å². The Balaban J connectivity index is 0.000000321. The first-order valence-corrected chi connectivity index (χ1v) is 16.0. The van der Waals surface area contributed by atoms with Gasteiger partial charge in [-0.3, -0.25) is 0 Å². The predicted octanol–water partition coefficient (Wildman–Crippen LogP) is 11.8. The van der Waals surface area contributed by atoms with Crippen molar-refractivity contribution in [2.24, 2.45) is 0 Å². The Bertz CT molecular complexity index is 1810. The van der Waals surface area contributed by atoms with Crippen molar-refractivity contribution < 1.29 is 31.9 Å². The zero-order valence-corrected chi connectivity index (χ0v) is 32.4. The summed E-state index contributed by atoms with van der Waals surface area (Å²) in [5.41, 5.74) is 5.84. The van der Waals surface area contributed by atoms with Crippen LogP contribution in [0.2, 0.25) is 0 Å². The molecule has 0 aliphatic heterocycles. The fourth-order valence-corrected chi connectivity index (χ4v) is 5.82. The Morgan fingerprint density at radius 3 is 1.14 bits per heavy atom. The third-order valence-electron chi connectivity index (χ3n) is 8.37. The number of phenolic OH excluding ortho intramolecular Hbond substituents is 2. The molecule has 0 saturated heterocycles. The number of anilines is 2. The molecule has 6 aromatic rings. The predicted molar refractivity (Wildman–Crippen MR) is 211 cm³/mol. The Labute approximate surface area is 319 Å². The van der Waals surface area contributed by atoms with Gasteiger partial charge in [0.25, 0.3) is 0 Å². The number of hydrogen-bond donors (Lipinski definition) is 4. The first-order valence-electron chi connectivity index (χ1n) is 16.0. The standard InChI is InChI=1S/2C21H23NO.2ClH.Ti/c2*1-21(2,3)18-12-6-10-16(20(18)23)14-22-19-13-7-9-15-8-4-5-11-17(15)19;;;/h2*4-13,22-23H,14H2,1-3H3;2*1H;. The summed E-state index contributed by atoms with van der Waals surface area (Å²) in [5.74, 6) is 0.792. The molecule has 7 heteroatoms. The Morgan fingerprint density at radius 1 is 0.449 bits per heavy atom. The van der Waals surface area contributed by atoms with Crippen LogP contribution in [-0.2, 0) is 45.6 Å². The van der Waals surface area contributed by atoms with E-state index in [4.69, 9.17) is 0 Å². The zero-order chi connectivity index (χ0) is 32.9. The van der Waals surface area contributed by atoms with Gasteiger partial charge >= 0.3 is 0 Å². The summed E-state index contributed by atoms with van der Waals surface area (Å²) in [5, 5.41) is 32.9. The summed E-state index contributed by atoms with van der Waals surface area (Å²) in [7, 11) is 0. The van der Waals surface area contributed by atoms with Gasteiger partial charge in [-0.1, -0.05) is 151 Å². The minimum absolute atomic E-state index is 0. The summed E-state index contributed by atoms with van der Waals surface area (Å²) >= 11 is 0. The molecule has 256 valence electrons. The van der Waals surface area contributed by atoms with E-state index in [1.54, 1.807) is 0 Å². The zero-order valence-electron chi connectivity index (χ0n) is 29.2. The molecule has 0 saturated carbocycles. The molecule has 0 atom stereocenters. The van der Waals surface area contributed by atoms with Crippen molar-refractivity contribution in [1.82, 2.24) is 0 Å². The quantitative estimate of drug-likeness (QED) is 0.129. The van der Waals surface area contributed by atoms with Crippen LogP contribution in [0.5, 0.6) is 11.5 Å². The molecule has 0 fully saturated rings. The molecule has 4 N–H and O–H groups in total. The second kappa shape index (κ2) is 17.8. The van der Waals surface area contributed by atoms with Crippen molar-refractivity contribution in [2.45, 2.75) is 65.5 Å². The maximum absolute atomic E-state index is 10.6. The average molecular weight is 732 g/mol. The maximum atomic E-state index is 10.6. The van der Waals surface area contributed by atoms with E-state index in [1.165, 1.54) is 21.5 Å². The molecule has 0 heterocycles. The second-order valence-electron chi connectivity index (χ2n) is 13.9. The number of para-hydroxylation sites is 2. The molecule has 0 aliphatic rings. The number of rotatable bonds is 6. The topological polar surface area (TPSA) is 64.5 Å².